The maximum absolute atomic E-state index is 11.8. The zero-order chi connectivity index (χ0) is 15.6. The Hall–Kier alpha value is -1.77. The van der Waals surface area contributed by atoms with Gasteiger partial charge in [0.2, 0.25) is 5.91 Å². The van der Waals surface area contributed by atoms with Gasteiger partial charge in [-0.1, -0.05) is 29.3 Å². The highest BCUT2D eigenvalue weighted by molar-refractivity contribution is 5.75. The number of hydrogen-bond donors (Lipinski definition) is 1. The number of carbonyl (C=O) groups excluding carboxylic acids is 1. The first kappa shape index (κ1) is 16.6. The van der Waals surface area contributed by atoms with Gasteiger partial charge in [-0.3, -0.25) is 4.79 Å². The van der Waals surface area contributed by atoms with Crippen molar-refractivity contribution < 1.29 is 9.53 Å². The molecule has 3 heteroatoms. The van der Waals surface area contributed by atoms with Crippen molar-refractivity contribution in [1.29, 1.82) is 0 Å². The van der Waals surface area contributed by atoms with E-state index in [1.54, 1.807) is 0 Å². The van der Waals surface area contributed by atoms with Crippen molar-refractivity contribution in [3.05, 3.63) is 41.5 Å². The van der Waals surface area contributed by atoms with E-state index in [9.17, 15) is 4.79 Å². The van der Waals surface area contributed by atoms with Crippen LogP contribution in [-0.2, 0) is 4.79 Å². The summed E-state index contributed by atoms with van der Waals surface area (Å²) in [5, 5.41) is 3.00. The van der Waals surface area contributed by atoms with E-state index < -0.39 is 0 Å². The lowest BCUT2D eigenvalue weighted by Gasteiger charge is -2.13. The number of rotatable bonds is 8. The molecule has 1 amide bonds. The molecule has 1 N–H and O–H groups in total. The second-order valence-corrected chi connectivity index (χ2v) is 5.97. The van der Waals surface area contributed by atoms with E-state index in [1.807, 2.05) is 24.3 Å². The topological polar surface area (TPSA) is 38.3 Å². The summed E-state index contributed by atoms with van der Waals surface area (Å²) in [5.74, 6) is 0.999. The summed E-state index contributed by atoms with van der Waals surface area (Å²) >= 11 is 0. The minimum atomic E-state index is 0.129. The largest absolute Gasteiger partial charge is 0.494 e. The lowest BCUT2D eigenvalue weighted by molar-refractivity contribution is -0.121. The van der Waals surface area contributed by atoms with Crippen LogP contribution in [0.1, 0.15) is 50.5 Å². The average molecular weight is 301 g/mol. The van der Waals surface area contributed by atoms with Gasteiger partial charge in [-0.15, -0.1) is 0 Å². The monoisotopic (exact) mass is 301 g/mol. The van der Waals surface area contributed by atoms with Crippen LogP contribution in [0.15, 0.2) is 35.9 Å². The van der Waals surface area contributed by atoms with Crippen molar-refractivity contribution in [1.82, 2.24) is 5.32 Å². The Morgan fingerprint density at radius 3 is 2.77 bits per heavy atom. The Labute approximate surface area is 133 Å². The Morgan fingerprint density at radius 2 is 2.05 bits per heavy atom. The molecule has 0 fully saturated rings. The SMILES string of the molecule is Cc1ccc(OCCCC(=O)NCCC2=CCCCC2)cc1. The van der Waals surface area contributed by atoms with Crippen molar-refractivity contribution in [2.75, 3.05) is 13.2 Å². The van der Waals surface area contributed by atoms with Crippen molar-refractivity contribution in [3.8, 4) is 5.75 Å². The van der Waals surface area contributed by atoms with Crippen molar-refractivity contribution in [3.63, 3.8) is 0 Å². The van der Waals surface area contributed by atoms with Gasteiger partial charge in [-0.25, -0.2) is 0 Å². The molecule has 1 aromatic rings. The molecular formula is C19H27NO2. The molecule has 0 bridgehead atoms. The third-order valence-electron chi connectivity index (χ3n) is 3.99. The Bertz CT molecular complexity index is 491. The molecule has 1 aromatic carbocycles. The van der Waals surface area contributed by atoms with Gasteiger partial charge >= 0.3 is 0 Å². The fraction of sp³-hybridized carbons (Fsp3) is 0.526. The second-order valence-electron chi connectivity index (χ2n) is 5.97. The third-order valence-corrected chi connectivity index (χ3v) is 3.99. The Balaban J connectivity index is 1.52. The molecule has 2 rings (SSSR count). The van der Waals surface area contributed by atoms with Gasteiger partial charge < -0.3 is 10.1 Å². The molecule has 3 nitrogen and oxygen atoms in total. The minimum absolute atomic E-state index is 0.129. The van der Waals surface area contributed by atoms with Gasteiger partial charge in [0.15, 0.2) is 0 Å². The highest BCUT2D eigenvalue weighted by Crippen LogP contribution is 2.19. The van der Waals surface area contributed by atoms with Gasteiger partial charge in [-0.2, -0.15) is 0 Å². The van der Waals surface area contributed by atoms with Crippen LogP contribution in [0.5, 0.6) is 5.75 Å². The van der Waals surface area contributed by atoms with Crippen LogP contribution in [0.2, 0.25) is 0 Å². The van der Waals surface area contributed by atoms with Crippen molar-refractivity contribution >= 4 is 5.91 Å². The van der Waals surface area contributed by atoms with E-state index in [2.05, 4.69) is 18.3 Å². The van der Waals surface area contributed by atoms with Crippen LogP contribution in [0.3, 0.4) is 0 Å². The summed E-state index contributed by atoms with van der Waals surface area (Å²) in [6, 6.07) is 7.99. The number of aryl methyl sites for hydroxylation is 1. The predicted molar refractivity (Wildman–Crippen MR) is 90.1 cm³/mol. The van der Waals surface area contributed by atoms with Gasteiger partial charge in [-0.05, 0) is 57.6 Å². The molecule has 0 unspecified atom stereocenters. The predicted octanol–water partition coefficient (Wildman–Crippen LogP) is 4.16. The zero-order valence-corrected chi connectivity index (χ0v) is 13.6. The first-order valence-corrected chi connectivity index (χ1v) is 8.38. The molecule has 120 valence electrons. The van der Waals surface area contributed by atoms with Gasteiger partial charge in [0.1, 0.15) is 5.75 Å². The fourth-order valence-corrected chi connectivity index (χ4v) is 2.64. The van der Waals surface area contributed by atoms with Crippen molar-refractivity contribution in [2.24, 2.45) is 0 Å². The summed E-state index contributed by atoms with van der Waals surface area (Å²) in [5.41, 5.74) is 2.73. The normalized spacial score (nSPS) is 14.3. The smallest absolute Gasteiger partial charge is 0.220 e. The molecule has 0 atom stereocenters. The molecule has 0 aromatic heterocycles. The number of amides is 1. The lowest BCUT2D eigenvalue weighted by atomic mass is 9.97. The van der Waals surface area contributed by atoms with E-state index in [0.29, 0.717) is 13.0 Å². The maximum Gasteiger partial charge on any atom is 0.220 e. The van der Waals surface area contributed by atoms with Crippen LogP contribution in [0, 0.1) is 6.92 Å². The third kappa shape index (κ3) is 6.33. The summed E-state index contributed by atoms with van der Waals surface area (Å²) in [7, 11) is 0. The van der Waals surface area contributed by atoms with Crippen LogP contribution >= 0.6 is 0 Å². The summed E-state index contributed by atoms with van der Waals surface area (Å²) in [4.78, 5) is 11.8. The highest BCUT2D eigenvalue weighted by atomic mass is 16.5. The van der Waals surface area contributed by atoms with E-state index in [0.717, 1.165) is 25.1 Å². The molecule has 22 heavy (non-hydrogen) atoms. The quantitative estimate of drug-likeness (QED) is 0.578. The van der Waals surface area contributed by atoms with Gasteiger partial charge in [0, 0.05) is 13.0 Å². The van der Waals surface area contributed by atoms with E-state index in [-0.39, 0.29) is 5.91 Å². The van der Waals surface area contributed by atoms with E-state index >= 15 is 0 Å². The Morgan fingerprint density at radius 1 is 1.23 bits per heavy atom. The molecule has 1 aliphatic carbocycles. The van der Waals surface area contributed by atoms with Crippen LogP contribution in [0.25, 0.3) is 0 Å². The molecule has 0 spiro atoms. The number of carbonyl (C=O) groups is 1. The first-order valence-electron chi connectivity index (χ1n) is 8.38. The Kier molecular flexibility index (Phi) is 7.01. The molecule has 0 aliphatic heterocycles. The van der Waals surface area contributed by atoms with Crippen molar-refractivity contribution in [2.45, 2.75) is 51.9 Å². The molecule has 1 aliphatic rings. The molecule has 0 saturated carbocycles. The second kappa shape index (κ2) is 9.29. The van der Waals surface area contributed by atoms with Gasteiger partial charge in [0.25, 0.3) is 0 Å². The van der Waals surface area contributed by atoms with Crippen LogP contribution < -0.4 is 10.1 Å². The number of ether oxygens (including phenoxy) is 1. The number of benzene rings is 1. The molecule has 0 heterocycles. The van der Waals surface area contributed by atoms with E-state index in [1.165, 1.54) is 36.8 Å². The number of hydrogen-bond acceptors (Lipinski definition) is 2. The molecular weight excluding hydrogens is 274 g/mol. The summed E-state index contributed by atoms with van der Waals surface area (Å²) in [6.07, 6.45) is 9.66. The average Bonchev–Trinajstić information content (AvgIpc) is 2.54. The van der Waals surface area contributed by atoms with Gasteiger partial charge in [0.05, 0.1) is 6.61 Å². The van der Waals surface area contributed by atoms with E-state index in [4.69, 9.17) is 4.74 Å². The first-order chi connectivity index (χ1) is 10.7. The molecule has 0 saturated heterocycles. The van der Waals surface area contributed by atoms with Crippen LogP contribution in [0.4, 0.5) is 0 Å². The zero-order valence-electron chi connectivity index (χ0n) is 13.6. The van der Waals surface area contributed by atoms with Crippen LogP contribution in [-0.4, -0.2) is 19.1 Å². The number of nitrogens with one attached hydrogen (secondary N) is 1. The summed E-state index contributed by atoms with van der Waals surface area (Å²) < 4.78 is 5.62. The summed E-state index contributed by atoms with van der Waals surface area (Å²) in [6.45, 7) is 3.41. The highest BCUT2D eigenvalue weighted by Gasteiger charge is 2.05. The number of allylic oxidation sites excluding steroid dienone is 1. The maximum atomic E-state index is 11.8. The lowest BCUT2D eigenvalue weighted by Crippen LogP contribution is -2.25. The minimum Gasteiger partial charge on any atom is -0.494 e. The standard InChI is InChI=1S/C19H27NO2/c1-16-9-11-18(12-10-16)22-15-5-8-19(21)20-14-13-17-6-3-2-4-7-17/h6,9-12H,2-5,7-8,13-15H2,1H3,(H,20,21). The molecule has 0 radical (unpaired) electrons. The fourth-order valence-electron chi connectivity index (χ4n) is 2.64.